The van der Waals surface area contributed by atoms with Gasteiger partial charge in [-0.2, -0.15) is 0 Å². The van der Waals surface area contributed by atoms with Gasteiger partial charge in [-0.05, 0) is 24.6 Å². The smallest absolute Gasteiger partial charge is 0.317 e. The molecule has 2 aromatic rings. The molecule has 1 aliphatic heterocycles. The second kappa shape index (κ2) is 8.42. The first-order valence-electron chi connectivity index (χ1n) is 8.65. The van der Waals surface area contributed by atoms with Crippen molar-refractivity contribution in [2.75, 3.05) is 26.7 Å². The lowest BCUT2D eigenvalue weighted by atomic mass is 10.2. The van der Waals surface area contributed by atoms with Crippen LogP contribution in [0.5, 0.6) is 11.5 Å². The predicted molar refractivity (Wildman–Crippen MR) is 97.7 cm³/mol. The van der Waals surface area contributed by atoms with Crippen LogP contribution >= 0.6 is 0 Å². The minimum absolute atomic E-state index is 0.0278. The summed E-state index contributed by atoms with van der Waals surface area (Å²) in [6, 6.07) is 12.4. The quantitative estimate of drug-likeness (QED) is 0.766. The van der Waals surface area contributed by atoms with Crippen LogP contribution in [0.1, 0.15) is 6.42 Å². The number of aromatic nitrogens is 1. The van der Waals surface area contributed by atoms with Crippen LogP contribution < -0.4 is 20.3 Å². The average molecular weight is 357 g/mol. The fourth-order valence-electron chi connectivity index (χ4n) is 2.78. The molecule has 7 nitrogen and oxygen atoms in total. The maximum atomic E-state index is 12.1. The number of nitrogens with one attached hydrogen (secondary N) is 1. The van der Waals surface area contributed by atoms with Gasteiger partial charge in [-0.15, -0.1) is 0 Å². The Kier molecular flexibility index (Phi) is 5.78. The number of nitrogens with zero attached hydrogens (tertiary/aromatic N) is 2. The van der Waals surface area contributed by atoms with Crippen molar-refractivity contribution in [1.29, 1.82) is 0 Å². The number of ether oxygens (including phenoxy) is 2. The molecule has 0 radical (unpaired) electrons. The van der Waals surface area contributed by atoms with E-state index in [1.165, 1.54) is 6.07 Å². The van der Waals surface area contributed by atoms with Gasteiger partial charge in [-0.3, -0.25) is 4.79 Å². The third-order valence-corrected chi connectivity index (χ3v) is 4.25. The Morgan fingerprint density at radius 2 is 1.88 bits per heavy atom. The molecular formula is C19H23N3O4. The summed E-state index contributed by atoms with van der Waals surface area (Å²) in [4.78, 5) is 25.4. The van der Waals surface area contributed by atoms with Gasteiger partial charge in [0.15, 0.2) is 11.5 Å². The van der Waals surface area contributed by atoms with Gasteiger partial charge >= 0.3 is 6.03 Å². The summed E-state index contributed by atoms with van der Waals surface area (Å²) < 4.78 is 12.8. The van der Waals surface area contributed by atoms with Gasteiger partial charge in [0.1, 0.15) is 6.10 Å². The number of hydrogen-bond donors (Lipinski definition) is 1. The van der Waals surface area contributed by atoms with E-state index in [1.807, 2.05) is 30.3 Å². The molecule has 0 atom stereocenters. The van der Waals surface area contributed by atoms with Gasteiger partial charge in [0.25, 0.3) is 0 Å². The summed E-state index contributed by atoms with van der Waals surface area (Å²) in [5, 5.41) is 2.87. The Labute approximate surface area is 152 Å². The molecular weight excluding hydrogens is 334 g/mol. The summed E-state index contributed by atoms with van der Waals surface area (Å²) in [5.74, 6) is 1.37. The Bertz CT molecular complexity index is 799. The minimum atomic E-state index is -0.106. The zero-order valence-electron chi connectivity index (χ0n) is 14.8. The molecule has 0 aliphatic carbocycles. The van der Waals surface area contributed by atoms with E-state index in [4.69, 9.17) is 9.47 Å². The molecule has 3 rings (SSSR count). The molecule has 7 heteroatoms. The van der Waals surface area contributed by atoms with E-state index < -0.39 is 0 Å². The molecule has 2 heterocycles. The molecule has 0 unspecified atom stereocenters. The number of para-hydroxylation sites is 2. The van der Waals surface area contributed by atoms with Crippen LogP contribution in [0.4, 0.5) is 4.79 Å². The highest BCUT2D eigenvalue weighted by Crippen LogP contribution is 2.28. The zero-order valence-corrected chi connectivity index (χ0v) is 14.8. The SMILES string of the molecule is COc1ccccc1OC1CN(C(=O)NCCCn2ccccc2=O)C1. The predicted octanol–water partition coefficient (Wildman–Crippen LogP) is 1.72. The standard InChI is InChI=1S/C19H23N3O4/c1-25-16-7-2-3-8-17(16)26-15-13-22(14-15)19(24)20-10-6-12-21-11-5-4-9-18(21)23/h2-5,7-9,11,15H,6,10,12-14H2,1H3,(H,20,24). The van der Waals surface area contributed by atoms with Crippen LogP contribution in [0.3, 0.4) is 0 Å². The third-order valence-electron chi connectivity index (χ3n) is 4.25. The molecule has 0 bridgehead atoms. The minimum Gasteiger partial charge on any atom is -0.493 e. The first-order valence-corrected chi connectivity index (χ1v) is 8.65. The number of carbonyl (C=O) groups excluding carboxylic acids is 1. The maximum Gasteiger partial charge on any atom is 0.317 e. The Hall–Kier alpha value is -2.96. The van der Waals surface area contributed by atoms with E-state index in [9.17, 15) is 9.59 Å². The van der Waals surface area contributed by atoms with Gasteiger partial charge < -0.3 is 24.3 Å². The number of aryl methyl sites for hydroxylation is 1. The van der Waals surface area contributed by atoms with Crippen molar-refractivity contribution in [3.8, 4) is 11.5 Å². The zero-order chi connectivity index (χ0) is 18.4. The number of carbonyl (C=O) groups is 1. The van der Waals surface area contributed by atoms with E-state index in [-0.39, 0.29) is 17.7 Å². The molecule has 1 fully saturated rings. The number of hydrogen-bond acceptors (Lipinski definition) is 4. The van der Waals surface area contributed by atoms with Gasteiger partial charge in [-0.25, -0.2) is 4.79 Å². The van der Waals surface area contributed by atoms with Crippen molar-refractivity contribution in [3.05, 3.63) is 59.0 Å². The topological polar surface area (TPSA) is 72.8 Å². The first-order chi connectivity index (χ1) is 12.7. The monoisotopic (exact) mass is 357 g/mol. The highest BCUT2D eigenvalue weighted by molar-refractivity contribution is 5.75. The van der Waals surface area contributed by atoms with E-state index >= 15 is 0 Å². The van der Waals surface area contributed by atoms with Crippen molar-refractivity contribution < 1.29 is 14.3 Å². The normalized spacial score (nSPS) is 13.8. The molecule has 2 amide bonds. The number of benzene rings is 1. The number of likely N-dealkylation sites (tertiary alicyclic amines) is 1. The fourth-order valence-corrected chi connectivity index (χ4v) is 2.78. The number of pyridine rings is 1. The first kappa shape index (κ1) is 17.8. The Morgan fingerprint density at radius 3 is 2.62 bits per heavy atom. The van der Waals surface area contributed by atoms with Crippen molar-refractivity contribution in [2.24, 2.45) is 0 Å². The molecule has 138 valence electrons. The molecule has 0 spiro atoms. The fraction of sp³-hybridized carbons (Fsp3) is 0.368. The number of urea groups is 1. The van der Waals surface area contributed by atoms with Crippen LogP contribution in [0.15, 0.2) is 53.5 Å². The summed E-state index contributed by atoms with van der Waals surface area (Å²) in [7, 11) is 1.60. The second-order valence-electron chi connectivity index (χ2n) is 6.11. The van der Waals surface area contributed by atoms with Gasteiger partial charge in [0, 0.05) is 25.4 Å². The second-order valence-corrected chi connectivity index (χ2v) is 6.11. The lowest BCUT2D eigenvalue weighted by Gasteiger charge is -2.39. The van der Waals surface area contributed by atoms with Gasteiger partial charge in [-0.1, -0.05) is 18.2 Å². The average Bonchev–Trinajstić information content (AvgIpc) is 2.63. The van der Waals surface area contributed by atoms with Crippen LogP contribution in [-0.2, 0) is 6.54 Å². The van der Waals surface area contributed by atoms with E-state index in [0.717, 1.165) is 0 Å². The molecule has 26 heavy (non-hydrogen) atoms. The number of rotatable bonds is 7. The summed E-state index contributed by atoms with van der Waals surface area (Å²) in [6.45, 7) is 2.19. The van der Waals surface area contributed by atoms with Crippen LogP contribution in [0.25, 0.3) is 0 Å². The van der Waals surface area contributed by atoms with Crippen LogP contribution in [0.2, 0.25) is 0 Å². The molecule has 1 N–H and O–H groups in total. The Morgan fingerprint density at radius 1 is 1.15 bits per heavy atom. The maximum absolute atomic E-state index is 12.1. The van der Waals surface area contributed by atoms with Crippen molar-refractivity contribution in [2.45, 2.75) is 19.1 Å². The van der Waals surface area contributed by atoms with Crippen molar-refractivity contribution >= 4 is 6.03 Å². The number of methoxy groups -OCH3 is 1. The van der Waals surface area contributed by atoms with E-state index in [0.29, 0.717) is 44.1 Å². The third kappa shape index (κ3) is 4.36. The molecule has 1 aliphatic rings. The summed E-state index contributed by atoms with van der Waals surface area (Å²) in [5.41, 5.74) is -0.0297. The molecule has 1 saturated heterocycles. The van der Waals surface area contributed by atoms with Crippen LogP contribution in [0, 0.1) is 0 Å². The van der Waals surface area contributed by atoms with Crippen molar-refractivity contribution in [1.82, 2.24) is 14.8 Å². The lowest BCUT2D eigenvalue weighted by Crippen LogP contribution is -2.59. The molecule has 1 aromatic heterocycles. The van der Waals surface area contributed by atoms with Gasteiger partial charge in [0.05, 0.1) is 20.2 Å². The number of amides is 2. The van der Waals surface area contributed by atoms with Crippen molar-refractivity contribution in [3.63, 3.8) is 0 Å². The van der Waals surface area contributed by atoms with Crippen LogP contribution in [-0.4, -0.2) is 48.3 Å². The Balaban J connectivity index is 1.36. The molecule has 0 saturated carbocycles. The highest BCUT2D eigenvalue weighted by atomic mass is 16.5. The lowest BCUT2D eigenvalue weighted by molar-refractivity contribution is 0.0427. The van der Waals surface area contributed by atoms with E-state index in [2.05, 4.69) is 5.32 Å². The largest absolute Gasteiger partial charge is 0.493 e. The summed E-state index contributed by atoms with van der Waals surface area (Å²) >= 11 is 0. The van der Waals surface area contributed by atoms with E-state index in [1.54, 1.807) is 28.8 Å². The highest BCUT2D eigenvalue weighted by Gasteiger charge is 2.32. The van der Waals surface area contributed by atoms with Gasteiger partial charge in [0.2, 0.25) is 5.56 Å². The summed E-state index contributed by atoms with van der Waals surface area (Å²) in [6.07, 6.45) is 2.42. The molecule has 1 aromatic carbocycles.